The van der Waals surface area contributed by atoms with Gasteiger partial charge in [0.2, 0.25) is 0 Å². The maximum atomic E-state index is 12.4. The molecule has 0 spiro atoms. The number of aliphatic imine (C=N–C) groups is 1. The van der Waals surface area contributed by atoms with Crippen molar-refractivity contribution < 1.29 is 4.74 Å². The number of guanidine groups is 1. The summed E-state index contributed by atoms with van der Waals surface area (Å²) in [5, 5.41) is 15.8. The molecule has 2 aromatic heterocycles. The molecule has 2 aliphatic heterocycles. The fraction of sp³-hybridized carbons (Fsp3) is 0.737. The number of hydrogen-bond donors (Lipinski definition) is 2. The largest absolute Gasteiger partial charge is 0.377 e. The minimum absolute atomic E-state index is 0.0193. The zero-order valence-electron chi connectivity index (χ0n) is 17.8. The summed E-state index contributed by atoms with van der Waals surface area (Å²) in [4.78, 5) is 21.2. The lowest BCUT2D eigenvalue weighted by atomic mass is 10.1. The van der Waals surface area contributed by atoms with Crippen LogP contribution < -0.4 is 16.3 Å². The standard InChI is InChI=1S/C19H31N9O2/c1-20-18(22-14-7-8-16-23-15(13-30-2)24-28(16)12-14)21-9-5-11-27-19(29)26-10-4-3-6-17(26)25-27/h14H,3-13H2,1-2H3,(H2,20,21,22). The number of fused-ring (bicyclic) bond motifs is 2. The molecule has 2 aliphatic rings. The predicted molar refractivity (Wildman–Crippen MR) is 111 cm³/mol. The lowest BCUT2D eigenvalue weighted by Crippen LogP contribution is -2.47. The molecule has 30 heavy (non-hydrogen) atoms. The van der Waals surface area contributed by atoms with Crippen LogP contribution in [0.5, 0.6) is 0 Å². The fourth-order valence-corrected chi connectivity index (χ4v) is 4.09. The Hall–Kier alpha value is -2.69. The molecule has 0 saturated heterocycles. The number of nitrogens with zero attached hydrogens (tertiary/aromatic N) is 7. The molecule has 0 aliphatic carbocycles. The van der Waals surface area contributed by atoms with Gasteiger partial charge < -0.3 is 15.4 Å². The first-order valence-electron chi connectivity index (χ1n) is 10.7. The van der Waals surface area contributed by atoms with E-state index in [-0.39, 0.29) is 11.7 Å². The van der Waals surface area contributed by atoms with E-state index in [4.69, 9.17) is 4.74 Å². The highest BCUT2D eigenvalue weighted by Crippen LogP contribution is 2.13. The van der Waals surface area contributed by atoms with Gasteiger partial charge in [0.15, 0.2) is 11.8 Å². The monoisotopic (exact) mass is 417 g/mol. The van der Waals surface area contributed by atoms with E-state index in [9.17, 15) is 4.79 Å². The molecule has 0 radical (unpaired) electrons. The van der Waals surface area contributed by atoms with Crippen molar-refractivity contribution in [3.05, 3.63) is 28.0 Å². The zero-order chi connectivity index (χ0) is 20.9. The molecule has 4 rings (SSSR count). The Balaban J connectivity index is 1.24. The molecule has 2 aromatic rings. The third-order valence-electron chi connectivity index (χ3n) is 5.61. The van der Waals surface area contributed by atoms with Crippen LogP contribution in [0.25, 0.3) is 0 Å². The molecule has 1 unspecified atom stereocenters. The van der Waals surface area contributed by atoms with Crippen LogP contribution in [0.1, 0.15) is 43.2 Å². The van der Waals surface area contributed by atoms with Crippen molar-refractivity contribution in [2.45, 2.75) is 70.8 Å². The predicted octanol–water partition coefficient (Wildman–Crippen LogP) is -0.311. The number of rotatable bonds is 7. The van der Waals surface area contributed by atoms with Gasteiger partial charge in [0.25, 0.3) is 0 Å². The minimum atomic E-state index is 0.0193. The van der Waals surface area contributed by atoms with E-state index in [2.05, 4.69) is 30.8 Å². The van der Waals surface area contributed by atoms with Gasteiger partial charge in [-0.25, -0.2) is 19.1 Å². The maximum absolute atomic E-state index is 12.4. The molecule has 0 fully saturated rings. The third-order valence-corrected chi connectivity index (χ3v) is 5.61. The summed E-state index contributed by atoms with van der Waals surface area (Å²) in [5.41, 5.74) is 0.0193. The van der Waals surface area contributed by atoms with Gasteiger partial charge in [-0.3, -0.25) is 9.56 Å². The summed E-state index contributed by atoms with van der Waals surface area (Å²) in [6.45, 7) is 3.31. The van der Waals surface area contributed by atoms with E-state index in [1.165, 1.54) is 0 Å². The van der Waals surface area contributed by atoms with E-state index in [1.54, 1.807) is 18.8 Å². The Labute approximate surface area is 175 Å². The van der Waals surface area contributed by atoms with E-state index in [0.717, 1.165) is 75.0 Å². The molecular formula is C19H31N9O2. The molecule has 164 valence electrons. The first-order chi connectivity index (χ1) is 14.7. The molecule has 1 atom stereocenters. The number of methoxy groups -OCH3 is 1. The van der Waals surface area contributed by atoms with Gasteiger partial charge >= 0.3 is 5.69 Å². The van der Waals surface area contributed by atoms with Crippen molar-refractivity contribution in [1.82, 2.24) is 39.7 Å². The first kappa shape index (κ1) is 20.6. The van der Waals surface area contributed by atoms with Crippen molar-refractivity contribution in [1.29, 1.82) is 0 Å². The lowest BCUT2D eigenvalue weighted by molar-refractivity contribution is 0.177. The molecule has 0 saturated carbocycles. The average Bonchev–Trinajstić information content (AvgIpc) is 3.30. The van der Waals surface area contributed by atoms with Crippen molar-refractivity contribution in [3.8, 4) is 0 Å². The SMILES string of the molecule is CN=C(NCCCn1nc2n(c1=O)CCCC2)NC1CCc2nc(COC)nn2C1. The molecule has 0 aromatic carbocycles. The van der Waals surface area contributed by atoms with Gasteiger partial charge in [0.1, 0.15) is 18.3 Å². The second-order valence-electron chi connectivity index (χ2n) is 7.82. The molecule has 2 N–H and O–H groups in total. The van der Waals surface area contributed by atoms with Crippen LogP contribution in [0.15, 0.2) is 9.79 Å². The molecular weight excluding hydrogens is 386 g/mol. The van der Waals surface area contributed by atoms with E-state index >= 15 is 0 Å². The van der Waals surface area contributed by atoms with Crippen LogP contribution in [0.3, 0.4) is 0 Å². The summed E-state index contributed by atoms with van der Waals surface area (Å²) in [6.07, 6.45) is 5.73. The van der Waals surface area contributed by atoms with E-state index < -0.39 is 0 Å². The zero-order valence-corrected chi connectivity index (χ0v) is 17.8. The lowest BCUT2D eigenvalue weighted by Gasteiger charge is -2.25. The van der Waals surface area contributed by atoms with E-state index in [0.29, 0.717) is 19.7 Å². The number of aryl methyl sites for hydroxylation is 3. The number of nitrogens with one attached hydrogen (secondary N) is 2. The van der Waals surface area contributed by atoms with Crippen LogP contribution in [0.4, 0.5) is 0 Å². The number of hydrogen-bond acceptors (Lipinski definition) is 6. The minimum Gasteiger partial charge on any atom is -0.377 e. The van der Waals surface area contributed by atoms with Gasteiger partial charge in [0.05, 0.1) is 6.54 Å². The Morgan fingerprint density at radius 1 is 1.27 bits per heavy atom. The number of aromatic nitrogens is 6. The summed E-state index contributed by atoms with van der Waals surface area (Å²) in [6, 6.07) is 0.239. The first-order valence-corrected chi connectivity index (χ1v) is 10.7. The highest BCUT2D eigenvalue weighted by atomic mass is 16.5. The summed E-state index contributed by atoms with van der Waals surface area (Å²) in [5.74, 6) is 3.43. The van der Waals surface area contributed by atoms with Crippen LogP contribution in [-0.2, 0) is 43.8 Å². The second-order valence-corrected chi connectivity index (χ2v) is 7.82. The third kappa shape index (κ3) is 4.55. The molecule has 11 nitrogen and oxygen atoms in total. The quantitative estimate of drug-likeness (QED) is 0.361. The Kier molecular flexibility index (Phi) is 6.46. The van der Waals surface area contributed by atoms with Gasteiger partial charge in [-0.2, -0.15) is 10.2 Å². The van der Waals surface area contributed by atoms with Crippen LogP contribution in [-0.4, -0.2) is 61.8 Å². The van der Waals surface area contributed by atoms with Gasteiger partial charge in [-0.15, -0.1) is 0 Å². The van der Waals surface area contributed by atoms with Crippen molar-refractivity contribution >= 4 is 5.96 Å². The molecule has 11 heteroatoms. The maximum Gasteiger partial charge on any atom is 0.345 e. The molecule has 0 amide bonds. The van der Waals surface area contributed by atoms with Crippen LogP contribution in [0, 0.1) is 0 Å². The average molecular weight is 418 g/mol. The van der Waals surface area contributed by atoms with Crippen molar-refractivity contribution in [2.24, 2.45) is 4.99 Å². The smallest absolute Gasteiger partial charge is 0.345 e. The normalized spacial score (nSPS) is 18.7. The molecule has 4 heterocycles. The molecule has 0 bridgehead atoms. The van der Waals surface area contributed by atoms with Crippen LogP contribution in [0.2, 0.25) is 0 Å². The summed E-state index contributed by atoms with van der Waals surface area (Å²) < 4.78 is 10.5. The Bertz CT molecular complexity index is 942. The van der Waals surface area contributed by atoms with Crippen molar-refractivity contribution in [2.75, 3.05) is 20.7 Å². The Morgan fingerprint density at radius 3 is 2.97 bits per heavy atom. The van der Waals surface area contributed by atoms with Gasteiger partial charge in [0, 0.05) is 52.7 Å². The summed E-state index contributed by atoms with van der Waals surface area (Å²) >= 11 is 0. The van der Waals surface area contributed by atoms with Crippen molar-refractivity contribution in [3.63, 3.8) is 0 Å². The van der Waals surface area contributed by atoms with Gasteiger partial charge in [-0.1, -0.05) is 0 Å². The fourth-order valence-electron chi connectivity index (χ4n) is 4.09. The Morgan fingerprint density at radius 2 is 2.17 bits per heavy atom. The topological polar surface area (TPSA) is 116 Å². The van der Waals surface area contributed by atoms with E-state index in [1.807, 2.05) is 9.25 Å². The number of ether oxygens (including phenoxy) is 1. The highest BCUT2D eigenvalue weighted by molar-refractivity contribution is 5.79. The second kappa shape index (κ2) is 9.41. The van der Waals surface area contributed by atoms with Gasteiger partial charge in [-0.05, 0) is 25.7 Å². The summed E-state index contributed by atoms with van der Waals surface area (Å²) in [7, 11) is 3.42. The highest BCUT2D eigenvalue weighted by Gasteiger charge is 2.22. The van der Waals surface area contributed by atoms with Crippen LogP contribution >= 0.6 is 0 Å².